The monoisotopic (exact) mass is 264 g/mol. The molecule has 0 aliphatic rings. The predicted octanol–water partition coefficient (Wildman–Crippen LogP) is -1.09. The number of nitrogens with one attached hydrogen (secondary N) is 1. The molecule has 1 aromatic heterocycles. The zero-order valence-corrected chi connectivity index (χ0v) is 7.85. The van der Waals surface area contributed by atoms with Crippen molar-refractivity contribution in [3.8, 4) is 0 Å². The minimum Gasteiger partial charge on any atom is -0.381 e. The molecular weight excluding hydrogens is 260 g/mol. The minimum absolute atomic E-state index is 0. The van der Waals surface area contributed by atoms with Crippen LogP contribution in [-0.2, 0) is 17.1 Å². The molecule has 0 spiro atoms. The SMILES string of the molecule is Nc1cn[nH]n1.O=[N+]([O-])[O-].O=[N+]([O-])[O-].[Fe+2]. The Morgan fingerprint density at radius 3 is 1.60 bits per heavy atom. The Labute approximate surface area is 91.8 Å². The fourth-order valence-corrected chi connectivity index (χ4v) is 0.210. The van der Waals surface area contributed by atoms with E-state index in [9.17, 15) is 0 Å². The van der Waals surface area contributed by atoms with Gasteiger partial charge < -0.3 is 36.4 Å². The second-order valence-electron chi connectivity index (χ2n) is 1.34. The first-order chi connectivity index (χ1) is 6.36. The van der Waals surface area contributed by atoms with Crippen LogP contribution < -0.4 is 5.73 Å². The standard InChI is InChI=1S/C2H4N4.Fe.2NO3/c3-2-1-4-6-5-2;;2*2-1(3)4/h1H,(H3,3,4,5,6);;;/q;+2;2*-1. The Hall–Kier alpha value is -2.14. The van der Waals surface area contributed by atoms with E-state index in [0.717, 1.165) is 0 Å². The van der Waals surface area contributed by atoms with Gasteiger partial charge in [-0.05, 0) is 0 Å². The summed E-state index contributed by atoms with van der Waals surface area (Å²) in [7, 11) is 0. The van der Waals surface area contributed by atoms with Crippen molar-refractivity contribution in [2.24, 2.45) is 0 Å². The van der Waals surface area contributed by atoms with E-state index in [4.69, 9.17) is 36.4 Å². The summed E-state index contributed by atoms with van der Waals surface area (Å²) in [6.45, 7) is 0. The van der Waals surface area contributed by atoms with Gasteiger partial charge in [0.15, 0.2) is 5.82 Å². The van der Waals surface area contributed by atoms with Gasteiger partial charge in [-0.15, -0.1) is 5.10 Å². The van der Waals surface area contributed by atoms with Crippen LogP contribution in [0.15, 0.2) is 6.20 Å². The van der Waals surface area contributed by atoms with E-state index in [1.807, 2.05) is 0 Å². The first kappa shape index (κ1) is 18.6. The van der Waals surface area contributed by atoms with Gasteiger partial charge in [-0.2, -0.15) is 10.3 Å². The molecule has 86 valence electrons. The molecule has 0 aliphatic heterocycles. The molecule has 0 fully saturated rings. The number of aromatic amines is 1. The maximum Gasteiger partial charge on any atom is 2.00 e. The topological polar surface area (TPSA) is 200 Å². The second-order valence-corrected chi connectivity index (χ2v) is 1.34. The van der Waals surface area contributed by atoms with Crippen molar-refractivity contribution in [1.82, 2.24) is 15.4 Å². The molecule has 1 aromatic rings. The molecule has 0 aliphatic carbocycles. The van der Waals surface area contributed by atoms with E-state index in [0.29, 0.717) is 5.82 Å². The van der Waals surface area contributed by atoms with E-state index in [-0.39, 0.29) is 17.1 Å². The van der Waals surface area contributed by atoms with Gasteiger partial charge in [-0.25, -0.2) is 0 Å². The van der Waals surface area contributed by atoms with E-state index >= 15 is 0 Å². The normalized spacial score (nSPS) is 6.67. The van der Waals surface area contributed by atoms with Gasteiger partial charge in [-0.3, -0.25) is 0 Å². The van der Waals surface area contributed by atoms with Gasteiger partial charge >= 0.3 is 17.1 Å². The van der Waals surface area contributed by atoms with Crippen molar-refractivity contribution in [3.63, 3.8) is 0 Å². The fourth-order valence-electron chi connectivity index (χ4n) is 0.210. The van der Waals surface area contributed by atoms with Gasteiger partial charge in [0.1, 0.15) is 0 Å². The molecule has 0 radical (unpaired) electrons. The third kappa shape index (κ3) is 48.8. The van der Waals surface area contributed by atoms with E-state index in [2.05, 4.69) is 15.4 Å². The summed E-state index contributed by atoms with van der Waals surface area (Å²) in [6, 6.07) is 0. The average Bonchev–Trinajstić information content (AvgIpc) is 2.36. The third-order valence-corrected chi connectivity index (χ3v) is 0.434. The van der Waals surface area contributed by atoms with Crippen LogP contribution in [0, 0.1) is 30.6 Å². The van der Waals surface area contributed by atoms with Crippen LogP contribution in [0.5, 0.6) is 0 Å². The van der Waals surface area contributed by atoms with Crippen molar-refractivity contribution in [2.75, 3.05) is 5.73 Å². The van der Waals surface area contributed by atoms with Crippen LogP contribution in [-0.4, -0.2) is 25.6 Å². The number of nitrogen functional groups attached to an aromatic ring is 1. The van der Waals surface area contributed by atoms with Gasteiger partial charge in [0.25, 0.3) is 0 Å². The number of hydrogen-bond acceptors (Lipinski definition) is 9. The summed E-state index contributed by atoms with van der Waals surface area (Å²) in [6.07, 6.45) is 1.44. The molecule has 12 nitrogen and oxygen atoms in total. The number of rotatable bonds is 0. The van der Waals surface area contributed by atoms with Crippen molar-refractivity contribution < 1.29 is 27.2 Å². The summed E-state index contributed by atoms with van der Waals surface area (Å²) < 4.78 is 0. The van der Waals surface area contributed by atoms with Crippen LogP contribution in [0.2, 0.25) is 0 Å². The first-order valence-corrected chi connectivity index (χ1v) is 2.60. The molecule has 0 atom stereocenters. The van der Waals surface area contributed by atoms with Crippen LogP contribution in [0.3, 0.4) is 0 Å². The summed E-state index contributed by atoms with van der Waals surface area (Å²) in [4.78, 5) is 16.5. The van der Waals surface area contributed by atoms with Crippen molar-refractivity contribution in [1.29, 1.82) is 0 Å². The molecule has 13 heteroatoms. The van der Waals surface area contributed by atoms with E-state index in [1.54, 1.807) is 0 Å². The Morgan fingerprint density at radius 2 is 1.53 bits per heavy atom. The van der Waals surface area contributed by atoms with Gasteiger partial charge in [0.05, 0.1) is 16.4 Å². The Balaban J connectivity index is -0.000000145. The third-order valence-electron chi connectivity index (χ3n) is 0.434. The molecule has 0 saturated heterocycles. The van der Waals surface area contributed by atoms with Gasteiger partial charge in [0.2, 0.25) is 0 Å². The molecule has 15 heavy (non-hydrogen) atoms. The number of H-pyrrole nitrogens is 1. The summed E-state index contributed by atoms with van der Waals surface area (Å²) in [5, 5.41) is 38.7. The molecule has 0 bridgehead atoms. The zero-order valence-electron chi connectivity index (χ0n) is 6.75. The largest absolute Gasteiger partial charge is 2.00 e. The number of aromatic nitrogens is 3. The molecule has 0 aromatic carbocycles. The summed E-state index contributed by atoms with van der Waals surface area (Å²) >= 11 is 0. The van der Waals surface area contributed by atoms with Crippen molar-refractivity contribution >= 4 is 5.82 Å². The molecule has 0 amide bonds. The average molecular weight is 264 g/mol. The van der Waals surface area contributed by atoms with Crippen LogP contribution in [0.25, 0.3) is 0 Å². The first-order valence-electron chi connectivity index (χ1n) is 2.60. The fraction of sp³-hybridized carbons (Fsp3) is 0. The van der Waals surface area contributed by atoms with Crippen LogP contribution in [0.1, 0.15) is 0 Å². The van der Waals surface area contributed by atoms with Crippen molar-refractivity contribution in [3.05, 3.63) is 36.8 Å². The van der Waals surface area contributed by atoms with E-state index < -0.39 is 10.2 Å². The smallest absolute Gasteiger partial charge is 0.381 e. The second kappa shape index (κ2) is 11.9. The minimum atomic E-state index is -1.75. The maximum absolute atomic E-state index is 8.25. The number of anilines is 1. The quantitative estimate of drug-likeness (QED) is 0.331. The molecule has 0 saturated carbocycles. The Kier molecular flexibility index (Phi) is 14.7. The van der Waals surface area contributed by atoms with Gasteiger partial charge in [-0.1, -0.05) is 0 Å². The number of hydrogen-bond donors (Lipinski definition) is 2. The molecule has 0 unspecified atom stereocenters. The molecule has 1 rings (SSSR count). The molecule has 1 heterocycles. The maximum atomic E-state index is 8.25. The summed E-state index contributed by atoms with van der Waals surface area (Å²) in [5.74, 6) is 0.426. The zero-order chi connectivity index (χ0) is 11.6. The Bertz CT molecular complexity index is 243. The van der Waals surface area contributed by atoms with Crippen LogP contribution in [0.4, 0.5) is 5.82 Å². The Morgan fingerprint density at radius 1 is 1.20 bits per heavy atom. The number of nitrogens with two attached hydrogens (primary N) is 1. The number of nitrogens with zero attached hydrogens (tertiary/aromatic N) is 4. The predicted molar refractivity (Wildman–Crippen MR) is 41.5 cm³/mol. The summed E-state index contributed by atoms with van der Waals surface area (Å²) in [5.41, 5.74) is 5.07. The molecule has 3 N–H and O–H groups in total. The molecular formula is C2H4FeN6O6. The van der Waals surface area contributed by atoms with Gasteiger partial charge in [0, 0.05) is 0 Å². The van der Waals surface area contributed by atoms with Crippen molar-refractivity contribution in [2.45, 2.75) is 0 Å². The van der Waals surface area contributed by atoms with E-state index in [1.165, 1.54) is 6.20 Å². The van der Waals surface area contributed by atoms with Crippen LogP contribution >= 0.6 is 0 Å².